The van der Waals surface area contributed by atoms with Crippen molar-refractivity contribution in [2.75, 3.05) is 5.32 Å². The van der Waals surface area contributed by atoms with E-state index in [1.807, 2.05) is 0 Å². The summed E-state index contributed by atoms with van der Waals surface area (Å²) < 4.78 is 52.0. The van der Waals surface area contributed by atoms with Crippen LogP contribution in [0.5, 0.6) is 0 Å². The molecule has 0 amide bonds. The lowest BCUT2D eigenvalue weighted by Crippen LogP contribution is -2.04. The number of aryl methyl sites for hydroxylation is 1. The minimum absolute atomic E-state index is 0.136. The molecule has 0 aromatic heterocycles. The first-order chi connectivity index (χ1) is 8.97. The fourth-order valence-electron chi connectivity index (χ4n) is 1.71. The highest BCUT2D eigenvalue weighted by Crippen LogP contribution is 2.20. The molecule has 0 aliphatic rings. The molecule has 0 radical (unpaired) electrons. The molecule has 0 bridgehead atoms. The van der Waals surface area contributed by atoms with Gasteiger partial charge in [-0.05, 0) is 30.2 Å². The van der Waals surface area contributed by atoms with E-state index in [1.165, 1.54) is 12.1 Å². The molecule has 0 heterocycles. The Hall–Kier alpha value is -2.04. The van der Waals surface area contributed by atoms with Gasteiger partial charge in [-0.2, -0.15) is 0 Å². The van der Waals surface area contributed by atoms with E-state index in [0.29, 0.717) is 11.6 Å². The number of halogens is 4. The molecule has 5 heteroatoms. The minimum Gasteiger partial charge on any atom is -0.379 e. The summed E-state index contributed by atoms with van der Waals surface area (Å²) in [6.45, 7) is 1.90. The van der Waals surface area contributed by atoms with E-state index < -0.39 is 17.5 Å². The molecule has 1 N–H and O–H groups in total. The number of rotatable bonds is 3. The molecule has 2 aromatic rings. The average Bonchev–Trinajstić information content (AvgIpc) is 2.34. The summed E-state index contributed by atoms with van der Waals surface area (Å²) in [5, 5.41) is 2.65. The van der Waals surface area contributed by atoms with E-state index in [1.54, 1.807) is 13.0 Å². The summed E-state index contributed by atoms with van der Waals surface area (Å²) >= 11 is 0. The molecular formula is C14H11F4N. The second-order valence-electron chi connectivity index (χ2n) is 4.17. The quantitative estimate of drug-likeness (QED) is 0.651. The first-order valence-electron chi connectivity index (χ1n) is 5.61. The Labute approximate surface area is 107 Å². The first-order valence-corrected chi connectivity index (χ1v) is 5.61. The van der Waals surface area contributed by atoms with Crippen LogP contribution in [0.15, 0.2) is 30.3 Å². The number of anilines is 1. The van der Waals surface area contributed by atoms with Crippen molar-refractivity contribution in [3.8, 4) is 0 Å². The van der Waals surface area contributed by atoms with Crippen LogP contribution in [0.3, 0.4) is 0 Å². The van der Waals surface area contributed by atoms with E-state index in [4.69, 9.17) is 0 Å². The largest absolute Gasteiger partial charge is 0.379 e. The van der Waals surface area contributed by atoms with Gasteiger partial charge in [0.15, 0.2) is 11.6 Å². The van der Waals surface area contributed by atoms with Crippen molar-refractivity contribution < 1.29 is 17.6 Å². The van der Waals surface area contributed by atoms with Gasteiger partial charge < -0.3 is 5.32 Å². The molecule has 2 rings (SSSR count). The molecule has 2 aromatic carbocycles. The van der Waals surface area contributed by atoms with Crippen LogP contribution in [0.4, 0.5) is 23.2 Å². The SMILES string of the molecule is Cc1cc(F)ccc1CNc1cc(F)c(F)cc1F. The zero-order chi connectivity index (χ0) is 14.0. The molecule has 0 spiro atoms. The summed E-state index contributed by atoms with van der Waals surface area (Å²) in [4.78, 5) is 0. The highest BCUT2D eigenvalue weighted by Gasteiger charge is 2.09. The monoisotopic (exact) mass is 269 g/mol. The van der Waals surface area contributed by atoms with E-state index >= 15 is 0 Å². The van der Waals surface area contributed by atoms with Crippen molar-refractivity contribution in [3.05, 3.63) is 64.7 Å². The van der Waals surface area contributed by atoms with E-state index in [9.17, 15) is 17.6 Å². The maximum Gasteiger partial charge on any atom is 0.161 e. The molecule has 0 unspecified atom stereocenters. The third-order valence-electron chi connectivity index (χ3n) is 2.78. The summed E-state index contributed by atoms with van der Waals surface area (Å²) in [5.74, 6) is -3.60. The van der Waals surface area contributed by atoms with Gasteiger partial charge in [-0.15, -0.1) is 0 Å². The van der Waals surface area contributed by atoms with Gasteiger partial charge in [0.25, 0.3) is 0 Å². The second kappa shape index (κ2) is 5.30. The van der Waals surface area contributed by atoms with Gasteiger partial charge in [0, 0.05) is 18.7 Å². The van der Waals surface area contributed by atoms with Gasteiger partial charge in [-0.25, -0.2) is 17.6 Å². The van der Waals surface area contributed by atoms with Crippen LogP contribution in [0.2, 0.25) is 0 Å². The Morgan fingerprint density at radius 2 is 1.58 bits per heavy atom. The zero-order valence-electron chi connectivity index (χ0n) is 10.1. The molecule has 1 nitrogen and oxygen atoms in total. The lowest BCUT2D eigenvalue weighted by molar-refractivity contribution is 0.496. The van der Waals surface area contributed by atoms with Crippen molar-refractivity contribution in [1.82, 2.24) is 0 Å². The van der Waals surface area contributed by atoms with Crippen LogP contribution in [0.1, 0.15) is 11.1 Å². The maximum absolute atomic E-state index is 13.4. The van der Waals surface area contributed by atoms with Crippen LogP contribution in [-0.4, -0.2) is 0 Å². The van der Waals surface area contributed by atoms with Crippen LogP contribution < -0.4 is 5.32 Å². The van der Waals surface area contributed by atoms with Crippen molar-refractivity contribution in [3.63, 3.8) is 0 Å². The van der Waals surface area contributed by atoms with Gasteiger partial charge >= 0.3 is 0 Å². The molecule has 0 saturated carbocycles. The molecular weight excluding hydrogens is 258 g/mol. The highest BCUT2D eigenvalue weighted by molar-refractivity contribution is 5.46. The smallest absolute Gasteiger partial charge is 0.161 e. The van der Waals surface area contributed by atoms with Gasteiger partial charge in [0.05, 0.1) is 5.69 Å². The Balaban J connectivity index is 2.16. The number of nitrogens with one attached hydrogen (secondary N) is 1. The summed E-state index contributed by atoms with van der Waals surface area (Å²) in [6.07, 6.45) is 0. The number of benzene rings is 2. The normalized spacial score (nSPS) is 10.6. The minimum atomic E-state index is -1.24. The van der Waals surface area contributed by atoms with Crippen LogP contribution >= 0.6 is 0 Å². The van der Waals surface area contributed by atoms with Gasteiger partial charge in [0.2, 0.25) is 0 Å². The lowest BCUT2D eigenvalue weighted by atomic mass is 10.1. The van der Waals surface area contributed by atoms with E-state index in [0.717, 1.165) is 11.6 Å². The number of hydrogen-bond acceptors (Lipinski definition) is 1. The molecule has 0 saturated heterocycles. The molecule has 0 aliphatic heterocycles. The molecule has 0 atom stereocenters. The third-order valence-corrected chi connectivity index (χ3v) is 2.78. The van der Waals surface area contributed by atoms with Crippen molar-refractivity contribution >= 4 is 5.69 Å². The standard InChI is InChI=1S/C14H11F4N/c1-8-4-10(15)3-2-9(8)7-19-14-6-12(17)11(16)5-13(14)18/h2-6,19H,7H2,1H3. The van der Waals surface area contributed by atoms with E-state index in [-0.39, 0.29) is 18.0 Å². The number of hydrogen-bond donors (Lipinski definition) is 1. The zero-order valence-corrected chi connectivity index (χ0v) is 10.1. The summed E-state index contributed by atoms with van der Waals surface area (Å²) in [5.41, 5.74) is 1.30. The Morgan fingerprint density at radius 1 is 0.895 bits per heavy atom. The van der Waals surface area contributed by atoms with Crippen LogP contribution in [-0.2, 0) is 6.54 Å². The van der Waals surface area contributed by atoms with Crippen molar-refractivity contribution in [1.29, 1.82) is 0 Å². The first kappa shape index (κ1) is 13.4. The Bertz CT molecular complexity index is 611. The topological polar surface area (TPSA) is 12.0 Å². The second-order valence-corrected chi connectivity index (χ2v) is 4.17. The maximum atomic E-state index is 13.4. The predicted octanol–water partition coefficient (Wildman–Crippen LogP) is 4.16. The van der Waals surface area contributed by atoms with Crippen LogP contribution in [0.25, 0.3) is 0 Å². The Kier molecular flexibility index (Phi) is 3.74. The molecule has 100 valence electrons. The summed E-state index contributed by atoms with van der Waals surface area (Å²) in [7, 11) is 0. The highest BCUT2D eigenvalue weighted by atomic mass is 19.2. The molecule has 0 fully saturated rings. The molecule has 0 aliphatic carbocycles. The fourth-order valence-corrected chi connectivity index (χ4v) is 1.71. The average molecular weight is 269 g/mol. The van der Waals surface area contributed by atoms with Crippen molar-refractivity contribution in [2.45, 2.75) is 13.5 Å². The predicted molar refractivity (Wildman–Crippen MR) is 64.8 cm³/mol. The van der Waals surface area contributed by atoms with E-state index in [2.05, 4.69) is 5.32 Å². The van der Waals surface area contributed by atoms with Gasteiger partial charge in [-0.3, -0.25) is 0 Å². The molecule has 19 heavy (non-hydrogen) atoms. The Morgan fingerprint density at radius 3 is 2.26 bits per heavy atom. The third kappa shape index (κ3) is 3.05. The van der Waals surface area contributed by atoms with Gasteiger partial charge in [-0.1, -0.05) is 6.07 Å². The summed E-state index contributed by atoms with van der Waals surface area (Å²) in [6, 6.07) is 5.42. The fraction of sp³-hybridized carbons (Fsp3) is 0.143. The van der Waals surface area contributed by atoms with Crippen molar-refractivity contribution in [2.24, 2.45) is 0 Å². The lowest BCUT2D eigenvalue weighted by Gasteiger charge is -2.10. The van der Waals surface area contributed by atoms with Gasteiger partial charge in [0.1, 0.15) is 11.6 Å². The van der Waals surface area contributed by atoms with Crippen LogP contribution in [0, 0.1) is 30.2 Å².